The minimum Gasteiger partial charge on any atom is -0.481 e. The summed E-state index contributed by atoms with van der Waals surface area (Å²) in [4.78, 5) is 20.9. The van der Waals surface area contributed by atoms with Crippen molar-refractivity contribution in [2.45, 2.75) is 180 Å². The minimum absolute atomic E-state index is 0.336. The standard InChI is InChI=1S/C30H58O4.CH4O3S/c31-29(32)27-25-23-21-19-17-15-13-11-9-7-5-3-1-2-4-6-8-10-12-14-16-18-20-22-24-26-28-30(33)34;1-5(2,3)4/h1-28H2,(H,31,32)(H,33,34);1H3,(H,2,3,4). The second kappa shape index (κ2) is 31.4. The van der Waals surface area contributed by atoms with Crippen molar-refractivity contribution in [3.05, 3.63) is 0 Å². The van der Waals surface area contributed by atoms with Crippen LogP contribution in [-0.2, 0) is 19.7 Å². The number of carboxylic acids is 2. The molecule has 0 aromatic rings. The fourth-order valence-electron chi connectivity index (χ4n) is 4.80. The summed E-state index contributed by atoms with van der Waals surface area (Å²) in [5.74, 6) is -1.32. The average Bonchev–Trinajstić information content (AvgIpc) is 2.84. The molecular formula is C31H62O7S. The summed E-state index contributed by atoms with van der Waals surface area (Å²) in [6.45, 7) is 0. The van der Waals surface area contributed by atoms with Gasteiger partial charge in [-0.05, 0) is 12.8 Å². The topological polar surface area (TPSA) is 129 Å². The van der Waals surface area contributed by atoms with Gasteiger partial charge in [-0.1, -0.05) is 154 Å². The molecule has 0 saturated heterocycles. The monoisotopic (exact) mass is 578 g/mol. The van der Waals surface area contributed by atoms with Crippen molar-refractivity contribution in [3.63, 3.8) is 0 Å². The molecule has 8 heteroatoms. The molecule has 0 aromatic carbocycles. The molecule has 0 amide bonds. The lowest BCUT2D eigenvalue weighted by Crippen LogP contribution is -1.93. The first-order valence-electron chi connectivity index (χ1n) is 16.0. The highest BCUT2D eigenvalue weighted by molar-refractivity contribution is 7.85. The van der Waals surface area contributed by atoms with Gasteiger partial charge in [0.2, 0.25) is 0 Å². The molecule has 39 heavy (non-hydrogen) atoms. The van der Waals surface area contributed by atoms with E-state index in [4.69, 9.17) is 14.8 Å². The first-order valence-corrected chi connectivity index (χ1v) is 17.8. The van der Waals surface area contributed by atoms with Crippen LogP contribution < -0.4 is 0 Å². The maximum atomic E-state index is 10.4. The lowest BCUT2D eigenvalue weighted by Gasteiger charge is -2.04. The Balaban J connectivity index is 0. The second-order valence-electron chi connectivity index (χ2n) is 11.2. The molecule has 0 spiro atoms. The number of hydrogen-bond acceptors (Lipinski definition) is 4. The van der Waals surface area contributed by atoms with Crippen molar-refractivity contribution < 1.29 is 32.8 Å². The van der Waals surface area contributed by atoms with Crippen LogP contribution >= 0.6 is 0 Å². The van der Waals surface area contributed by atoms with Crippen LogP contribution in [0, 0.1) is 0 Å². The zero-order valence-corrected chi connectivity index (χ0v) is 26.0. The Hall–Kier alpha value is -1.15. The number of hydrogen-bond donors (Lipinski definition) is 3. The van der Waals surface area contributed by atoms with Crippen LogP contribution in [-0.4, -0.2) is 41.4 Å². The normalized spacial score (nSPS) is 11.2. The fourth-order valence-corrected chi connectivity index (χ4v) is 4.80. The molecule has 0 unspecified atom stereocenters. The molecule has 0 saturated carbocycles. The van der Waals surface area contributed by atoms with Crippen LogP contribution in [0.5, 0.6) is 0 Å². The smallest absolute Gasteiger partial charge is 0.303 e. The van der Waals surface area contributed by atoms with Crippen LogP contribution in [0.4, 0.5) is 0 Å². The Morgan fingerprint density at radius 1 is 0.385 bits per heavy atom. The Morgan fingerprint density at radius 2 is 0.487 bits per heavy atom. The van der Waals surface area contributed by atoms with Crippen molar-refractivity contribution in [2.75, 3.05) is 6.26 Å². The predicted molar refractivity (Wildman–Crippen MR) is 162 cm³/mol. The Morgan fingerprint density at radius 3 is 0.590 bits per heavy atom. The number of carbonyl (C=O) groups is 2. The summed E-state index contributed by atoms with van der Waals surface area (Å²) < 4.78 is 25.9. The van der Waals surface area contributed by atoms with Crippen LogP contribution in [0.25, 0.3) is 0 Å². The third-order valence-electron chi connectivity index (χ3n) is 7.03. The predicted octanol–water partition coefficient (Wildman–Crippen LogP) is 9.58. The molecule has 0 fully saturated rings. The van der Waals surface area contributed by atoms with Crippen molar-refractivity contribution in [2.24, 2.45) is 0 Å². The van der Waals surface area contributed by atoms with Gasteiger partial charge in [0.1, 0.15) is 0 Å². The molecule has 0 aliphatic rings. The number of carboxylic acid groups (broad SMARTS) is 2. The highest BCUT2D eigenvalue weighted by Crippen LogP contribution is 2.16. The summed E-state index contributed by atoms with van der Waals surface area (Å²) in [6, 6.07) is 0. The van der Waals surface area contributed by atoms with E-state index in [-0.39, 0.29) is 0 Å². The van der Waals surface area contributed by atoms with Crippen LogP contribution in [0.3, 0.4) is 0 Å². The van der Waals surface area contributed by atoms with E-state index in [1.54, 1.807) is 0 Å². The molecule has 0 radical (unpaired) electrons. The Bertz CT molecular complexity index is 587. The summed E-state index contributed by atoms with van der Waals surface area (Å²) in [5, 5.41) is 17.2. The van der Waals surface area contributed by atoms with Gasteiger partial charge in [-0.3, -0.25) is 14.1 Å². The van der Waals surface area contributed by atoms with E-state index < -0.39 is 22.1 Å². The number of unbranched alkanes of at least 4 members (excludes halogenated alkanes) is 25. The van der Waals surface area contributed by atoms with Gasteiger partial charge < -0.3 is 10.2 Å². The van der Waals surface area contributed by atoms with E-state index >= 15 is 0 Å². The molecule has 0 heterocycles. The Kier molecular flexibility index (Phi) is 32.2. The molecule has 0 aliphatic carbocycles. The van der Waals surface area contributed by atoms with E-state index in [9.17, 15) is 18.0 Å². The first-order chi connectivity index (χ1) is 18.6. The summed E-state index contributed by atoms with van der Waals surface area (Å²) in [6.07, 6.45) is 35.3. The summed E-state index contributed by atoms with van der Waals surface area (Å²) in [7, 11) is -3.67. The van der Waals surface area contributed by atoms with E-state index in [1.165, 1.54) is 141 Å². The summed E-state index contributed by atoms with van der Waals surface area (Å²) >= 11 is 0. The van der Waals surface area contributed by atoms with E-state index in [0.29, 0.717) is 19.1 Å². The van der Waals surface area contributed by atoms with Crippen LogP contribution in [0.1, 0.15) is 180 Å². The van der Waals surface area contributed by atoms with Crippen molar-refractivity contribution in [1.29, 1.82) is 0 Å². The maximum Gasteiger partial charge on any atom is 0.303 e. The molecular weight excluding hydrogens is 516 g/mol. The van der Waals surface area contributed by atoms with Gasteiger partial charge in [0.25, 0.3) is 10.1 Å². The lowest BCUT2D eigenvalue weighted by molar-refractivity contribution is -0.138. The third-order valence-corrected chi connectivity index (χ3v) is 7.03. The zero-order chi connectivity index (χ0) is 29.5. The molecule has 0 bridgehead atoms. The highest BCUT2D eigenvalue weighted by atomic mass is 32.2. The van der Waals surface area contributed by atoms with E-state index in [1.807, 2.05) is 0 Å². The summed E-state index contributed by atoms with van der Waals surface area (Å²) in [5.41, 5.74) is 0. The van der Waals surface area contributed by atoms with Crippen LogP contribution in [0.2, 0.25) is 0 Å². The number of rotatable bonds is 29. The Labute approximate surface area is 240 Å². The van der Waals surface area contributed by atoms with Gasteiger partial charge in [-0.25, -0.2) is 0 Å². The molecule has 234 valence electrons. The maximum absolute atomic E-state index is 10.4. The second-order valence-corrected chi connectivity index (χ2v) is 12.7. The molecule has 0 atom stereocenters. The van der Waals surface area contributed by atoms with E-state index in [0.717, 1.165) is 25.7 Å². The van der Waals surface area contributed by atoms with Crippen molar-refractivity contribution in [3.8, 4) is 0 Å². The zero-order valence-electron chi connectivity index (χ0n) is 25.2. The molecule has 3 N–H and O–H groups in total. The average molecular weight is 579 g/mol. The van der Waals surface area contributed by atoms with Gasteiger partial charge in [0.05, 0.1) is 6.26 Å². The molecule has 0 aromatic heterocycles. The van der Waals surface area contributed by atoms with Gasteiger partial charge >= 0.3 is 11.9 Å². The van der Waals surface area contributed by atoms with Gasteiger partial charge in [0.15, 0.2) is 0 Å². The van der Waals surface area contributed by atoms with Gasteiger partial charge in [-0.2, -0.15) is 8.42 Å². The quantitative estimate of drug-likeness (QED) is 0.0595. The lowest BCUT2D eigenvalue weighted by atomic mass is 10.0. The van der Waals surface area contributed by atoms with Gasteiger partial charge in [0, 0.05) is 12.8 Å². The van der Waals surface area contributed by atoms with Gasteiger partial charge in [-0.15, -0.1) is 0 Å². The first kappa shape index (κ1) is 40.0. The minimum atomic E-state index is -3.67. The largest absolute Gasteiger partial charge is 0.481 e. The van der Waals surface area contributed by atoms with E-state index in [2.05, 4.69) is 0 Å². The third kappa shape index (κ3) is 50.2. The van der Waals surface area contributed by atoms with Crippen molar-refractivity contribution in [1.82, 2.24) is 0 Å². The van der Waals surface area contributed by atoms with Crippen molar-refractivity contribution >= 4 is 22.1 Å². The van der Waals surface area contributed by atoms with Crippen LogP contribution in [0.15, 0.2) is 0 Å². The number of aliphatic carboxylic acids is 2. The molecule has 0 rings (SSSR count). The SMILES string of the molecule is CS(=O)(=O)O.O=C(O)CCCCCCCCCCCCCCCCCCCCCCCCCCCCC(=O)O. The molecule has 0 aliphatic heterocycles. The highest BCUT2D eigenvalue weighted by Gasteiger charge is 1.99. The fraction of sp³-hybridized carbons (Fsp3) is 0.935. The molecule has 7 nitrogen and oxygen atoms in total.